The summed E-state index contributed by atoms with van der Waals surface area (Å²) in [6.07, 6.45) is 5.73. The molecule has 0 aliphatic rings. The van der Waals surface area contributed by atoms with Crippen molar-refractivity contribution in [3.05, 3.63) is 18.0 Å². The van der Waals surface area contributed by atoms with Gasteiger partial charge >= 0.3 is 0 Å². The van der Waals surface area contributed by atoms with Gasteiger partial charge in [0.1, 0.15) is 11.3 Å². The van der Waals surface area contributed by atoms with Crippen molar-refractivity contribution >= 4 is 34.5 Å². The smallest absolute Gasteiger partial charge is 0.215 e. The van der Waals surface area contributed by atoms with Crippen molar-refractivity contribution in [3.63, 3.8) is 0 Å². The number of hydrogen-bond donors (Lipinski definition) is 0. The molecular weight excluding hydrogens is 294 g/mol. The van der Waals surface area contributed by atoms with Crippen LogP contribution < -0.4 is 4.74 Å². The summed E-state index contributed by atoms with van der Waals surface area (Å²) < 4.78 is 7.30. The molecule has 0 saturated carbocycles. The molecule has 4 nitrogen and oxygen atoms in total. The largest absolute Gasteiger partial charge is 0.481 e. The van der Waals surface area contributed by atoms with Crippen LogP contribution >= 0.6 is 23.4 Å². The fourth-order valence-electron chi connectivity index (χ4n) is 2.17. The highest BCUT2D eigenvalue weighted by atomic mass is 35.5. The molecule has 0 fully saturated rings. The van der Waals surface area contributed by atoms with Gasteiger partial charge in [0.05, 0.1) is 13.0 Å². The maximum absolute atomic E-state index is 5.99. The number of hydrogen-bond acceptors (Lipinski definition) is 4. The highest BCUT2D eigenvalue weighted by Crippen LogP contribution is 2.20. The number of unbranched alkanes of at least 4 members (excludes halogenated alkanes) is 2. The zero-order valence-electron chi connectivity index (χ0n) is 11.9. The lowest BCUT2D eigenvalue weighted by molar-refractivity contribution is 0.398. The molecule has 110 valence electrons. The lowest BCUT2D eigenvalue weighted by Crippen LogP contribution is -2.04. The van der Waals surface area contributed by atoms with Crippen molar-refractivity contribution < 1.29 is 4.74 Å². The Balaban J connectivity index is 2.16. The number of nitrogens with zero attached hydrogens (tertiary/aromatic N) is 3. The number of alkyl halides is 1. The molecule has 2 heterocycles. The zero-order valence-corrected chi connectivity index (χ0v) is 13.5. The lowest BCUT2D eigenvalue weighted by Gasteiger charge is -2.07. The fraction of sp³-hybridized carbons (Fsp3) is 0.571. The van der Waals surface area contributed by atoms with Crippen LogP contribution in [0.2, 0.25) is 0 Å². The molecule has 0 aliphatic heterocycles. The van der Waals surface area contributed by atoms with Crippen molar-refractivity contribution in [2.45, 2.75) is 31.7 Å². The Kier molecular flexibility index (Phi) is 5.98. The molecule has 2 rings (SSSR count). The van der Waals surface area contributed by atoms with Gasteiger partial charge in [0.25, 0.3) is 0 Å². The topological polar surface area (TPSA) is 39.9 Å². The van der Waals surface area contributed by atoms with Crippen molar-refractivity contribution in [1.29, 1.82) is 0 Å². The molecule has 2 aromatic heterocycles. The second-order valence-electron chi connectivity index (χ2n) is 4.56. The van der Waals surface area contributed by atoms with Gasteiger partial charge in [-0.05, 0) is 30.9 Å². The monoisotopic (exact) mass is 313 g/mol. The van der Waals surface area contributed by atoms with Crippen molar-refractivity contribution in [2.75, 3.05) is 19.1 Å². The number of methoxy groups -OCH3 is 1. The Bertz CT molecular complexity index is 559. The maximum atomic E-state index is 5.99. The van der Waals surface area contributed by atoms with Gasteiger partial charge in [-0.15, -0.1) is 11.6 Å². The second-order valence-corrected chi connectivity index (χ2v) is 5.82. The van der Waals surface area contributed by atoms with Gasteiger partial charge in [0, 0.05) is 12.6 Å². The van der Waals surface area contributed by atoms with Crippen LogP contribution in [0.25, 0.3) is 11.2 Å². The molecular formula is C14H20ClN3OS. The van der Waals surface area contributed by atoms with Gasteiger partial charge in [-0.2, -0.15) is 16.7 Å². The summed E-state index contributed by atoms with van der Waals surface area (Å²) in [5.74, 6) is 3.12. The summed E-state index contributed by atoms with van der Waals surface area (Å²) in [7, 11) is 1.62. The average molecular weight is 314 g/mol. The highest BCUT2D eigenvalue weighted by molar-refractivity contribution is 7.98. The van der Waals surface area contributed by atoms with E-state index in [1.165, 1.54) is 18.6 Å². The van der Waals surface area contributed by atoms with Crippen LogP contribution in [0.4, 0.5) is 0 Å². The first-order chi connectivity index (χ1) is 9.80. The van der Waals surface area contributed by atoms with Gasteiger partial charge in [0.2, 0.25) is 5.88 Å². The van der Waals surface area contributed by atoms with Crippen LogP contribution in [0.15, 0.2) is 12.1 Å². The number of ether oxygens (including phenoxy) is 1. The van der Waals surface area contributed by atoms with E-state index < -0.39 is 0 Å². The minimum absolute atomic E-state index is 0.406. The minimum Gasteiger partial charge on any atom is -0.481 e. The fourth-order valence-corrected chi connectivity index (χ4v) is 2.87. The minimum atomic E-state index is 0.406. The third-order valence-electron chi connectivity index (χ3n) is 3.20. The molecule has 0 unspecified atom stereocenters. The number of aromatic nitrogens is 3. The molecule has 20 heavy (non-hydrogen) atoms. The normalized spacial score (nSPS) is 11.2. The van der Waals surface area contributed by atoms with Crippen LogP contribution in [0.3, 0.4) is 0 Å². The molecule has 0 aliphatic carbocycles. The number of pyridine rings is 1. The van der Waals surface area contributed by atoms with Crippen molar-refractivity contribution in [2.24, 2.45) is 0 Å². The highest BCUT2D eigenvalue weighted by Gasteiger charge is 2.11. The lowest BCUT2D eigenvalue weighted by atomic mass is 10.2. The van der Waals surface area contributed by atoms with Gasteiger partial charge in [-0.25, -0.2) is 4.98 Å². The van der Waals surface area contributed by atoms with Crippen LogP contribution in [0, 0.1) is 0 Å². The molecule has 0 spiro atoms. The Morgan fingerprint density at radius 1 is 1.25 bits per heavy atom. The molecule has 0 aromatic carbocycles. The van der Waals surface area contributed by atoms with Gasteiger partial charge in [0.15, 0.2) is 5.65 Å². The van der Waals surface area contributed by atoms with E-state index >= 15 is 0 Å². The van der Waals surface area contributed by atoms with Crippen LogP contribution in [0.5, 0.6) is 5.88 Å². The number of halogens is 1. The maximum Gasteiger partial charge on any atom is 0.215 e. The van der Waals surface area contributed by atoms with E-state index in [-0.39, 0.29) is 0 Å². The molecule has 0 amide bonds. The quantitative estimate of drug-likeness (QED) is 0.550. The molecule has 2 aromatic rings. The molecule has 0 N–H and O–H groups in total. The Hall–Kier alpha value is -0.940. The van der Waals surface area contributed by atoms with E-state index in [4.69, 9.17) is 16.3 Å². The van der Waals surface area contributed by atoms with E-state index in [9.17, 15) is 0 Å². The Morgan fingerprint density at radius 2 is 2.10 bits per heavy atom. The molecule has 6 heteroatoms. The third kappa shape index (κ3) is 3.58. The van der Waals surface area contributed by atoms with E-state index in [0.717, 1.165) is 30.0 Å². The number of fused-ring (bicyclic) bond motifs is 1. The second kappa shape index (κ2) is 7.74. The summed E-state index contributed by atoms with van der Waals surface area (Å²) in [6, 6.07) is 3.76. The van der Waals surface area contributed by atoms with Crippen molar-refractivity contribution in [3.8, 4) is 5.88 Å². The first kappa shape index (κ1) is 15.4. The predicted molar refractivity (Wildman–Crippen MR) is 85.9 cm³/mol. The number of imidazole rings is 1. The van der Waals surface area contributed by atoms with Crippen molar-refractivity contribution in [1.82, 2.24) is 14.5 Å². The van der Waals surface area contributed by atoms with E-state index in [2.05, 4.69) is 20.8 Å². The zero-order chi connectivity index (χ0) is 14.4. The SMILES string of the molecule is COc1ccc2nc(CCl)n(CCCCCSC)c2n1. The standard InChI is InChI=1S/C14H20ClN3OS/c1-19-13-7-6-11-14(17-13)18(12(10-15)16-11)8-4-3-5-9-20-2/h6-7H,3-5,8-10H2,1-2H3. The summed E-state index contributed by atoms with van der Waals surface area (Å²) in [4.78, 5) is 9.02. The van der Waals surface area contributed by atoms with Gasteiger partial charge in [-0.3, -0.25) is 0 Å². The number of rotatable bonds is 8. The van der Waals surface area contributed by atoms with E-state index in [1.807, 2.05) is 23.9 Å². The van der Waals surface area contributed by atoms with E-state index in [1.54, 1.807) is 7.11 Å². The van der Waals surface area contributed by atoms with Crippen LogP contribution in [-0.2, 0) is 12.4 Å². The summed E-state index contributed by atoms with van der Waals surface area (Å²) in [5, 5.41) is 0. The van der Waals surface area contributed by atoms with Gasteiger partial charge < -0.3 is 9.30 Å². The molecule has 0 atom stereocenters. The first-order valence-corrected chi connectivity index (χ1v) is 8.68. The third-order valence-corrected chi connectivity index (χ3v) is 4.14. The Labute approximate surface area is 128 Å². The summed E-state index contributed by atoms with van der Waals surface area (Å²) >= 11 is 7.89. The number of aryl methyl sites for hydroxylation is 1. The molecule has 0 saturated heterocycles. The molecule has 0 bridgehead atoms. The Morgan fingerprint density at radius 3 is 2.80 bits per heavy atom. The van der Waals surface area contributed by atoms with Crippen LogP contribution in [-0.4, -0.2) is 33.7 Å². The number of thioether (sulfide) groups is 1. The molecule has 0 radical (unpaired) electrons. The predicted octanol–water partition coefficient (Wildman–Crippen LogP) is 3.71. The van der Waals surface area contributed by atoms with Gasteiger partial charge in [-0.1, -0.05) is 6.42 Å². The average Bonchev–Trinajstić information content (AvgIpc) is 2.84. The van der Waals surface area contributed by atoms with Crippen LogP contribution in [0.1, 0.15) is 25.1 Å². The summed E-state index contributed by atoms with van der Waals surface area (Å²) in [5.41, 5.74) is 1.75. The van der Waals surface area contributed by atoms with E-state index in [0.29, 0.717) is 11.8 Å². The first-order valence-electron chi connectivity index (χ1n) is 6.75. The summed E-state index contributed by atoms with van der Waals surface area (Å²) in [6.45, 7) is 0.910.